The van der Waals surface area contributed by atoms with Crippen molar-refractivity contribution in [3.63, 3.8) is 0 Å². The maximum absolute atomic E-state index is 12.0. The van der Waals surface area contributed by atoms with Gasteiger partial charge in [0.1, 0.15) is 6.33 Å². The monoisotopic (exact) mass is 236 g/mol. The molecular formula is C11H16N4O2. The molecule has 92 valence electrons. The van der Waals surface area contributed by atoms with E-state index in [0.29, 0.717) is 19.0 Å². The Morgan fingerprint density at radius 3 is 2.71 bits per heavy atom. The van der Waals surface area contributed by atoms with E-state index in [1.54, 1.807) is 17.3 Å². The number of likely N-dealkylation sites (tertiary alicyclic amines) is 1. The minimum Gasteiger partial charge on any atom is -0.324 e. The number of imidazole rings is 1. The average molecular weight is 236 g/mol. The Morgan fingerprint density at radius 1 is 1.47 bits per heavy atom. The minimum absolute atomic E-state index is 0.0485. The second-order valence-electron chi connectivity index (χ2n) is 4.42. The van der Waals surface area contributed by atoms with Crippen molar-refractivity contribution in [2.75, 3.05) is 13.1 Å². The zero-order valence-electron chi connectivity index (χ0n) is 9.82. The van der Waals surface area contributed by atoms with Crippen LogP contribution in [0.15, 0.2) is 23.9 Å². The highest BCUT2D eigenvalue weighted by atomic mass is 16.3. The van der Waals surface area contributed by atoms with Gasteiger partial charge in [0.15, 0.2) is 0 Å². The molecule has 0 spiro atoms. The number of carbonyl (C=O) groups excluding carboxylic acids is 1. The molecule has 0 saturated carbocycles. The van der Waals surface area contributed by atoms with Crippen LogP contribution in [0.3, 0.4) is 0 Å². The van der Waals surface area contributed by atoms with Crippen molar-refractivity contribution in [3.05, 3.63) is 23.6 Å². The molecule has 17 heavy (non-hydrogen) atoms. The van der Waals surface area contributed by atoms with E-state index >= 15 is 0 Å². The Hall–Kier alpha value is -1.72. The molecule has 0 aliphatic carbocycles. The summed E-state index contributed by atoms with van der Waals surface area (Å²) in [6.45, 7) is 3.20. The number of hydrogen-bond donors (Lipinski definition) is 0. The Kier molecular flexibility index (Phi) is 3.51. The third kappa shape index (κ3) is 2.51. The fraction of sp³-hybridized carbons (Fsp3) is 0.636. The maximum Gasteiger partial charge on any atom is 0.329 e. The number of nitroso groups, excluding NO2 is 1. The van der Waals surface area contributed by atoms with Gasteiger partial charge < -0.3 is 4.90 Å². The second-order valence-corrected chi connectivity index (χ2v) is 4.42. The number of carbonyl (C=O) groups is 1. The molecule has 2 rings (SSSR count). The molecule has 1 saturated heterocycles. The number of rotatable bonds is 2. The van der Waals surface area contributed by atoms with Gasteiger partial charge in [0.05, 0.1) is 6.04 Å². The maximum atomic E-state index is 12.0. The molecule has 1 atom stereocenters. The average Bonchev–Trinajstić information content (AvgIpc) is 2.91. The molecule has 0 unspecified atom stereocenters. The van der Waals surface area contributed by atoms with E-state index in [4.69, 9.17) is 0 Å². The quantitative estimate of drug-likeness (QED) is 0.734. The molecule has 1 aliphatic rings. The summed E-state index contributed by atoms with van der Waals surface area (Å²) < 4.78 is 1.47. The van der Waals surface area contributed by atoms with Crippen molar-refractivity contribution in [2.24, 2.45) is 11.1 Å². The van der Waals surface area contributed by atoms with Gasteiger partial charge in [-0.1, -0.05) is 5.18 Å². The van der Waals surface area contributed by atoms with Gasteiger partial charge in [-0.05, 0) is 25.7 Å². The zero-order valence-corrected chi connectivity index (χ0v) is 9.82. The predicted molar refractivity (Wildman–Crippen MR) is 62.6 cm³/mol. The summed E-state index contributed by atoms with van der Waals surface area (Å²) in [5, 5.41) is 3.06. The number of piperidine rings is 1. The third-order valence-electron chi connectivity index (χ3n) is 3.38. The number of nitrogens with zero attached hydrogens (tertiary/aromatic N) is 4. The molecule has 0 bridgehead atoms. The summed E-state index contributed by atoms with van der Waals surface area (Å²) in [6, 6.07) is -0.201. The molecular weight excluding hydrogens is 220 g/mol. The van der Waals surface area contributed by atoms with Gasteiger partial charge in [-0.3, -0.25) is 4.57 Å². The van der Waals surface area contributed by atoms with Gasteiger partial charge in [-0.15, -0.1) is 0 Å². The third-order valence-corrected chi connectivity index (χ3v) is 3.38. The Bertz CT molecular complexity index is 382. The second kappa shape index (κ2) is 5.07. The predicted octanol–water partition coefficient (Wildman–Crippen LogP) is 1.72. The van der Waals surface area contributed by atoms with Crippen LogP contribution in [-0.4, -0.2) is 39.6 Å². The van der Waals surface area contributed by atoms with Crippen LogP contribution in [-0.2, 0) is 0 Å². The lowest BCUT2D eigenvalue weighted by Gasteiger charge is -2.32. The summed E-state index contributed by atoms with van der Waals surface area (Å²) in [5.41, 5.74) is 0. The van der Waals surface area contributed by atoms with Crippen LogP contribution < -0.4 is 0 Å². The standard InChI is InChI=1S/C11H16N4O2/c1-9(13-17)10-2-5-14(6-3-10)11(16)15-7-4-12-8-15/h4,7-10H,2-3,5-6H2,1H3/t9-/m1/s1. The van der Waals surface area contributed by atoms with Crippen LogP contribution >= 0.6 is 0 Å². The van der Waals surface area contributed by atoms with Gasteiger partial charge in [0, 0.05) is 25.5 Å². The van der Waals surface area contributed by atoms with Crippen molar-refractivity contribution in [3.8, 4) is 0 Å². The van der Waals surface area contributed by atoms with E-state index in [0.717, 1.165) is 12.8 Å². The SMILES string of the molecule is C[C@@H](N=O)C1CCN(C(=O)n2ccnc2)CC1. The van der Waals surface area contributed by atoms with Crippen molar-refractivity contribution in [1.29, 1.82) is 0 Å². The lowest BCUT2D eigenvalue weighted by molar-refractivity contribution is 0.166. The van der Waals surface area contributed by atoms with Gasteiger partial charge in [0.25, 0.3) is 0 Å². The lowest BCUT2D eigenvalue weighted by Crippen LogP contribution is -2.42. The first-order valence-corrected chi connectivity index (χ1v) is 5.82. The first-order chi connectivity index (χ1) is 8.22. The molecule has 1 aromatic rings. The molecule has 1 amide bonds. The largest absolute Gasteiger partial charge is 0.329 e. The molecule has 0 radical (unpaired) electrons. The van der Waals surface area contributed by atoms with E-state index in [9.17, 15) is 9.70 Å². The Balaban J connectivity index is 1.91. The summed E-state index contributed by atoms with van der Waals surface area (Å²) in [5.74, 6) is 0.305. The van der Waals surface area contributed by atoms with Crippen molar-refractivity contribution in [1.82, 2.24) is 14.5 Å². The summed E-state index contributed by atoms with van der Waals surface area (Å²) in [4.78, 5) is 28.1. The van der Waals surface area contributed by atoms with E-state index in [1.807, 2.05) is 6.92 Å². The highest BCUT2D eigenvalue weighted by Crippen LogP contribution is 2.22. The minimum atomic E-state index is -0.152. The molecule has 0 aromatic carbocycles. The number of hydrogen-bond acceptors (Lipinski definition) is 4. The van der Waals surface area contributed by atoms with Crippen LogP contribution in [0.5, 0.6) is 0 Å². The molecule has 2 heterocycles. The molecule has 1 aromatic heterocycles. The molecule has 6 nitrogen and oxygen atoms in total. The van der Waals surface area contributed by atoms with Gasteiger partial charge in [0.2, 0.25) is 0 Å². The van der Waals surface area contributed by atoms with Gasteiger partial charge in [-0.25, -0.2) is 9.78 Å². The number of amides is 1. The summed E-state index contributed by atoms with van der Waals surface area (Å²) in [6.07, 6.45) is 6.41. The first-order valence-electron chi connectivity index (χ1n) is 5.82. The van der Waals surface area contributed by atoms with Crippen LogP contribution in [0.1, 0.15) is 19.8 Å². The van der Waals surface area contributed by atoms with E-state index in [1.165, 1.54) is 10.9 Å². The van der Waals surface area contributed by atoms with Crippen molar-refractivity contribution >= 4 is 6.03 Å². The normalized spacial score (nSPS) is 19.0. The fourth-order valence-corrected chi connectivity index (χ4v) is 2.19. The summed E-state index contributed by atoms with van der Waals surface area (Å²) in [7, 11) is 0. The van der Waals surface area contributed by atoms with Crippen LogP contribution in [0.25, 0.3) is 0 Å². The van der Waals surface area contributed by atoms with Crippen molar-refractivity contribution < 1.29 is 4.79 Å². The van der Waals surface area contributed by atoms with E-state index in [-0.39, 0.29) is 12.1 Å². The first kappa shape index (κ1) is 11.8. The topological polar surface area (TPSA) is 67.6 Å². The van der Waals surface area contributed by atoms with E-state index < -0.39 is 0 Å². The highest BCUT2D eigenvalue weighted by Gasteiger charge is 2.27. The smallest absolute Gasteiger partial charge is 0.324 e. The highest BCUT2D eigenvalue weighted by molar-refractivity contribution is 5.76. The number of aromatic nitrogens is 2. The molecule has 1 fully saturated rings. The summed E-state index contributed by atoms with van der Waals surface area (Å²) >= 11 is 0. The van der Waals surface area contributed by atoms with E-state index in [2.05, 4.69) is 10.2 Å². The van der Waals surface area contributed by atoms with Crippen LogP contribution in [0.4, 0.5) is 4.79 Å². The van der Waals surface area contributed by atoms with Gasteiger partial charge >= 0.3 is 6.03 Å². The molecule has 1 aliphatic heterocycles. The Morgan fingerprint density at radius 2 is 2.18 bits per heavy atom. The molecule has 0 N–H and O–H groups in total. The van der Waals surface area contributed by atoms with Crippen LogP contribution in [0.2, 0.25) is 0 Å². The molecule has 6 heteroatoms. The zero-order chi connectivity index (χ0) is 12.3. The lowest BCUT2D eigenvalue weighted by atomic mass is 9.91. The van der Waals surface area contributed by atoms with Crippen LogP contribution in [0, 0.1) is 10.8 Å². The fourth-order valence-electron chi connectivity index (χ4n) is 2.19. The van der Waals surface area contributed by atoms with Crippen molar-refractivity contribution in [2.45, 2.75) is 25.8 Å². The van der Waals surface area contributed by atoms with Gasteiger partial charge in [-0.2, -0.15) is 4.91 Å². The Labute approximate surface area is 99.6 Å².